The van der Waals surface area contributed by atoms with Gasteiger partial charge in [-0.1, -0.05) is 0 Å². The smallest absolute Gasteiger partial charge is 0.239 e. The molecule has 2 fully saturated rings. The van der Waals surface area contributed by atoms with Crippen LogP contribution in [0.1, 0.15) is 12.8 Å². The van der Waals surface area contributed by atoms with Gasteiger partial charge in [-0.15, -0.1) is 0 Å². The highest BCUT2D eigenvalue weighted by Crippen LogP contribution is 2.18. The Bertz CT molecular complexity index is 196. The van der Waals surface area contributed by atoms with Crippen molar-refractivity contribution >= 4 is 5.91 Å². The molecule has 0 spiro atoms. The van der Waals surface area contributed by atoms with E-state index in [1.807, 2.05) is 4.90 Å². The SMILES string of the molecule is O=C([C@@H]1CCCN1)N1CC(CO)C1. The summed E-state index contributed by atoms with van der Waals surface area (Å²) in [5.41, 5.74) is 0. The quantitative estimate of drug-likeness (QED) is 0.590. The van der Waals surface area contributed by atoms with Gasteiger partial charge in [-0.2, -0.15) is 0 Å². The lowest BCUT2D eigenvalue weighted by atomic mass is 10.00. The summed E-state index contributed by atoms with van der Waals surface area (Å²) in [6.45, 7) is 2.66. The molecule has 2 saturated heterocycles. The molecule has 0 radical (unpaired) electrons. The van der Waals surface area contributed by atoms with Gasteiger partial charge >= 0.3 is 0 Å². The van der Waals surface area contributed by atoms with Gasteiger partial charge in [-0.3, -0.25) is 4.79 Å². The van der Waals surface area contributed by atoms with Crippen LogP contribution in [-0.2, 0) is 4.79 Å². The van der Waals surface area contributed by atoms with Crippen molar-refractivity contribution in [2.24, 2.45) is 5.92 Å². The van der Waals surface area contributed by atoms with Crippen molar-refractivity contribution in [3.05, 3.63) is 0 Å². The number of hydrogen-bond donors (Lipinski definition) is 2. The van der Waals surface area contributed by atoms with Gasteiger partial charge in [0.2, 0.25) is 5.91 Å². The largest absolute Gasteiger partial charge is 0.396 e. The molecule has 2 heterocycles. The highest BCUT2D eigenvalue weighted by atomic mass is 16.3. The maximum atomic E-state index is 11.7. The maximum absolute atomic E-state index is 11.7. The molecule has 0 unspecified atom stereocenters. The van der Waals surface area contributed by atoms with Crippen LogP contribution in [0.2, 0.25) is 0 Å². The van der Waals surface area contributed by atoms with Crippen molar-refractivity contribution in [2.45, 2.75) is 18.9 Å². The summed E-state index contributed by atoms with van der Waals surface area (Å²) in [6, 6.07) is 0.0552. The Morgan fingerprint density at radius 2 is 2.31 bits per heavy atom. The molecule has 0 aromatic carbocycles. The molecule has 0 saturated carbocycles. The Kier molecular flexibility index (Phi) is 2.51. The Labute approximate surface area is 77.9 Å². The molecule has 74 valence electrons. The van der Waals surface area contributed by atoms with Crippen LogP contribution in [0.3, 0.4) is 0 Å². The fourth-order valence-corrected chi connectivity index (χ4v) is 1.98. The van der Waals surface area contributed by atoms with Gasteiger partial charge in [0.05, 0.1) is 6.04 Å². The number of carbonyl (C=O) groups is 1. The average Bonchev–Trinajstić information content (AvgIpc) is 2.53. The van der Waals surface area contributed by atoms with Gasteiger partial charge in [0.25, 0.3) is 0 Å². The molecule has 13 heavy (non-hydrogen) atoms. The van der Waals surface area contributed by atoms with Crippen LogP contribution in [0.15, 0.2) is 0 Å². The van der Waals surface area contributed by atoms with Gasteiger partial charge in [-0.05, 0) is 19.4 Å². The minimum Gasteiger partial charge on any atom is -0.396 e. The zero-order valence-corrected chi connectivity index (χ0v) is 7.70. The first-order valence-corrected chi connectivity index (χ1v) is 4.94. The Morgan fingerprint density at radius 3 is 2.85 bits per heavy atom. The van der Waals surface area contributed by atoms with Crippen LogP contribution in [0.4, 0.5) is 0 Å². The molecule has 2 rings (SSSR count). The van der Waals surface area contributed by atoms with Gasteiger partial charge in [0.15, 0.2) is 0 Å². The summed E-state index contributed by atoms with van der Waals surface area (Å²) >= 11 is 0. The number of likely N-dealkylation sites (tertiary alicyclic amines) is 1. The van der Waals surface area contributed by atoms with E-state index in [9.17, 15) is 4.79 Å². The third-order valence-electron chi connectivity index (χ3n) is 2.89. The average molecular weight is 184 g/mol. The number of rotatable bonds is 2. The summed E-state index contributed by atoms with van der Waals surface area (Å²) in [4.78, 5) is 13.5. The lowest BCUT2D eigenvalue weighted by molar-refractivity contribution is -0.140. The Morgan fingerprint density at radius 1 is 1.54 bits per heavy atom. The molecule has 4 nitrogen and oxygen atoms in total. The molecular weight excluding hydrogens is 168 g/mol. The van der Waals surface area contributed by atoms with E-state index in [4.69, 9.17) is 5.11 Å². The molecule has 0 aromatic rings. The third-order valence-corrected chi connectivity index (χ3v) is 2.89. The van der Waals surface area contributed by atoms with Crippen molar-refractivity contribution in [1.29, 1.82) is 0 Å². The number of hydrogen-bond acceptors (Lipinski definition) is 3. The van der Waals surface area contributed by atoms with Crippen LogP contribution >= 0.6 is 0 Å². The van der Waals surface area contributed by atoms with Crippen molar-refractivity contribution in [1.82, 2.24) is 10.2 Å². The van der Waals surface area contributed by atoms with Gasteiger partial charge < -0.3 is 15.3 Å². The van der Waals surface area contributed by atoms with E-state index >= 15 is 0 Å². The normalized spacial score (nSPS) is 29.0. The Balaban J connectivity index is 1.78. The van der Waals surface area contributed by atoms with Crippen LogP contribution in [0.25, 0.3) is 0 Å². The maximum Gasteiger partial charge on any atom is 0.239 e. The zero-order valence-electron chi connectivity index (χ0n) is 7.70. The predicted octanol–water partition coefficient (Wildman–Crippen LogP) is -0.811. The number of nitrogens with zero attached hydrogens (tertiary/aromatic N) is 1. The number of nitrogens with one attached hydrogen (secondary N) is 1. The molecular formula is C9H16N2O2. The molecule has 1 atom stereocenters. The fourth-order valence-electron chi connectivity index (χ4n) is 1.98. The lowest BCUT2D eigenvalue weighted by Gasteiger charge is -2.39. The molecule has 2 aliphatic rings. The number of amides is 1. The number of aliphatic hydroxyl groups is 1. The summed E-state index contributed by atoms with van der Waals surface area (Å²) in [7, 11) is 0. The lowest BCUT2D eigenvalue weighted by Crippen LogP contribution is -2.56. The highest BCUT2D eigenvalue weighted by molar-refractivity contribution is 5.82. The first kappa shape index (κ1) is 8.97. The summed E-state index contributed by atoms with van der Waals surface area (Å²) in [6.07, 6.45) is 2.08. The van der Waals surface area contributed by atoms with E-state index in [1.165, 1.54) is 0 Å². The number of aliphatic hydroxyl groups excluding tert-OH is 1. The topological polar surface area (TPSA) is 52.6 Å². The van der Waals surface area contributed by atoms with Gasteiger partial charge in [0, 0.05) is 25.6 Å². The molecule has 2 N–H and O–H groups in total. The second-order valence-electron chi connectivity index (χ2n) is 3.94. The van der Waals surface area contributed by atoms with Crippen LogP contribution in [-0.4, -0.2) is 48.2 Å². The zero-order chi connectivity index (χ0) is 9.26. The minimum absolute atomic E-state index is 0.0552. The first-order valence-electron chi connectivity index (χ1n) is 4.94. The van der Waals surface area contributed by atoms with E-state index < -0.39 is 0 Å². The van der Waals surface area contributed by atoms with E-state index in [0.717, 1.165) is 32.5 Å². The predicted molar refractivity (Wildman–Crippen MR) is 48.2 cm³/mol. The third kappa shape index (κ3) is 1.69. The summed E-state index contributed by atoms with van der Waals surface area (Å²) in [5.74, 6) is 0.549. The second kappa shape index (κ2) is 3.64. The molecule has 2 aliphatic heterocycles. The molecule has 1 amide bonds. The molecule has 0 aliphatic carbocycles. The second-order valence-corrected chi connectivity index (χ2v) is 3.94. The van der Waals surface area contributed by atoms with Crippen LogP contribution < -0.4 is 5.32 Å². The fraction of sp³-hybridized carbons (Fsp3) is 0.889. The van der Waals surface area contributed by atoms with Gasteiger partial charge in [-0.25, -0.2) is 0 Å². The van der Waals surface area contributed by atoms with E-state index in [2.05, 4.69) is 5.32 Å². The summed E-state index contributed by atoms with van der Waals surface area (Å²) < 4.78 is 0. The van der Waals surface area contributed by atoms with Crippen LogP contribution in [0.5, 0.6) is 0 Å². The van der Waals surface area contributed by atoms with Crippen molar-refractivity contribution in [3.8, 4) is 0 Å². The molecule has 0 aromatic heterocycles. The number of carbonyl (C=O) groups excluding carboxylic acids is 1. The monoisotopic (exact) mass is 184 g/mol. The summed E-state index contributed by atoms with van der Waals surface area (Å²) in [5, 5.41) is 12.0. The molecule has 4 heteroatoms. The van der Waals surface area contributed by atoms with Crippen molar-refractivity contribution in [2.75, 3.05) is 26.2 Å². The van der Waals surface area contributed by atoms with Crippen LogP contribution in [0, 0.1) is 5.92 Å². The standard InChI is InChI=1S/C9H16N2O2/c12-6-7-4-11(5-7)9(13)8-2-1-3-10-8/h7-8,10,12H,1-6H2/t8-/m0/s1. The first-order chi connectivity index (χ1) is 6.31. The van der Waals surface area contributed by atoms with Crippen molar-refractivity contribution < 1.29 is 9.90 Å². The van der Waals surface area contributed by atoms with E-state index in [-0.39, 0.29) is 18.6 Å². The van der Waals surface area contributed by atoms with E-state index in [0.29, 0.717) is 5.92 Å². The molecule has 0 bridgehead atoms. The highest BCUT2D eigenvalue weighted by Gasteiger charge is 2.34. The minimum atomic E-state index is 0.0552. The van der Waals surface area contributed by atoms with Gasteiger partial charge in [0.1, 0.15) is 0 Å². The Hall–Kier alpha value is -0.610. The van der Waals surface area contributed by atoms with Crippen molar-refractivity contribution in [3.63, 3.8) is 0 Å². The van der Waals surface area contributed by atoms with E-state index in [1.54, 1.807) is 0 Å².